The molecule has 2 atom stereocenters. The number of ether oxygens (including phenoxy) is 1. The van der Waals surface area contributed by atoms with Crippen molar-refractivity contribution in [2.24, 2.45) is 5.92 Å². The van der Waals surface area contributed by atoms with E-state index in [1.54, 1.807) is 0 Å². The third kappa shape index (κ3) is 7.45. The molecule has 0 radical (unpaired) electrons. The molecule has 0 aromatic rings. The fourth-order valence-corrected chi connectivity index (χ4v) is 2.77. The molecule has 1 aliphatic rings. The van der Waals surface area contributed by atoms with Crippen molar-refractivity contribution in [1.29, 1.82) is 0 Å². The number of likely N-dealkylation sites (tertiary alicyclic amines) is 1. The molecule has 0 amide bonds. The lowest BCUT2D eigenvalue weighted by atomic mass is 9.91. The number of alkyl halides is 3. The highest BCUT2D eigenvalue weighted by Gasteiger charge is 2.27. The quantitative estimate of drug-likeness (QED) is 0.697. The molecular formula is C14H27F3N2O. The van der Waals surface area contributed by atoms with E-state index in [1.165, 1.54) is 12.8 Å². The van der Waals surface area contributed by atoms with Crippen LogP contribution < -0.4 is 5.32 Å². The number of nitrogens with one attached hydrogen (secondary N) is 1. The van der Waals surface area contributed by atoms with Crippen molar-refractivity contribution in [3.63, 3.8) is 0 Å². The van der Waals surface area contributed by atoms with Crippen LogP contribution in [0.3, 0.4) is 0 Å². The fraction of sp³-hybridized carbons (Fsp3) is 1.00. The van der Waals surface area contributed by atoms with Gasteiger partial charge in [-0.15, -0.1) is 0 Å². The molecule has 0 aromatic heterocycles. The maximum atomic E-state index is 11.9. The standard InChI is InChI=1S/C14H27F3N2O/c1-3-18-12(2)13-6-4-7-19(10-13)8-5-9-20-11-14(15,16)17/h12-13,18H,3-11H2,1-2H3. The second kappa shape index (κ2) is 8.85. The van der Waals surface area contributed by atoms with E-state index in [0.29, 0.717) is 18.4 Å². The minimum Gasteiger partial charge on any atom is -0.372 e. The monoisotopic (exact) mass is 296 g/mol. The first-order chi connectivity index (χ1) is 9.42. The molecule has 1 fully saturated rings. The van der Waals surface area contributed by atoms with Gasteiger partial charge in [-0.25, -0.2) is 0 Å². The van der Waals surface area contributed by atoms with Gasteiger partial charge >= 0.3 is 6.18 Å². The maximum absolute atomic E-state index is 11.9. The third-order valence-corrected chi connectivity index (χ3v) is 3.80. The van der Waals surface area contributed by atoms with E-state index in [0.717, 1.165) is 26.2 Å². The molecule has 120 valence electrons. The fourth-order valence-electron chi connectivity index (χ4n) is 2.77. The molecule has 0 aliphatic carbocycles. The summed E-state index contributed by atoms with van der Waals surface area (Å²) in [6.45, 7) is 7.26. The van der Waals surface area contributed by atoms with Crippen LogP contribution >= 0.6 is 0 Å². The van der Waals surface area contributed by atoms with Crippen molar-refractivity contribution >= 4 is 0 Å². The van der Waals surface area contributed by atoms with Crippen LogP contribution in [-0.2, 0) is 4.74 Å². The number of rotatable bonds is 8. The summed E-state index contributed by atoms with van der Waals surface area (Å²) in [5.74, 6) is 0.639. The lowest BCUT2D eigenvalue weighted by molar-refractivity contribution is -0.174. The smallest absolute Gasteiger partial charge is 0.372 e. The second-order valence-corrected chi connectivity index (χ2v) is 5.57. The van der Waals surface area contributed by atoms with E-state index in [1.807, 2.05) is 0 Å². The van der Waals surface area contributed by atoms with Gasteiger partial charge in [-0.3, -0.25) is 0 Å². The first-order valence-corrected chi connectivity index (χ1v) is 7.52. The van der Waals surface area contributed by atoms with Gasteiger partial charge in [0.15, 0.2) is 0 Å². The van der Waals surface area contributed by atoms with E-state index in [2.05, 4.69) is 28.8 Å². The van der Waals surface area contributed by atoms with Crippen molar-refractivity contribution in [2.75, 3.05) is 39.4 Å². The molecule has 1 aliphatic heterocycles. The Bertz CT molecular complexity index is 261. The SMILES string of the molecule is CCNC(C)C1CCCN(CCCOCC(F)(F)F)C1. The van der Waals surface area contributed by atoms with Gasteiger partial charge in [0.1, 0.15) is 6.61 Å². The molecule has 3 nitrogen and oxygen atoms in total. The lowest BCUT2D eigenvalue weighted by Crippen LogP contribution is -2.44. The summed E-state index contributed by atoms with van der Waals surface area (Å²) in [6, 6.07) is 0.504. The van der Waals surface area contributed by atoms with Crippen molar-refractivity contribution < 1.29 is 17.9 Å². The Labute approximate surface area is 119 Å². The Balaban J connectivity index is 2.14. The molecule has 1 N–H and O–H groups in total. The van der Waals surface area contributed by atoms with Crippen LogP contribution in [-0.4, -0.2) is 56.5 Å². The largest absolute Gasteiger partial charge is 0.411 e. The predicted molar refractivity (Wildman–Crippen MR) is 73.8 cm³/mol. The average Bonchev–Trinajstić information content (AvgIpc) is 2.37. The van der Waals surface area contributed by atoms with Crippen LogP contribution in [0, 0.1) is 5.92 Å². The summed E-state index contributed by atoms with van der Waals surface area (Å²) >= 11 is 0. The minimum atomic E-state index is -4.21. The van der Waals surface area contributed by atoms with Crippen molar-refractivity contribution in [3.05, 3.63) is 0 Å². The topological polar surface area (TPSA) is 24.5 Å². The number of hydrogen-bond acceptors (Lipinski definition) is 3. The number of nitrogens with zero attached hydrogens (tertiary/aromatic N) is 1. The van der Waals surface area contributed by atoms with Gasteiger partial charge in [0.2, 0.25) is 0 Å². The zero-order chi connectivity index (χ0) is 15.0. The number of hydrogen-bond donors (Lipinski definition) is 1. The van der Waals surface area contributed by atoms with Crippen LogP contribution in [0.1, 0.15) is 33.1 Å². The minimum absolute atomic E-state index is 0.184. The Morgan fingerprint density at radius 1 is 1.40 bits per heavy atom. The van der Waals surface area contributed by atoms with Crippen molar-refractivity contribution in [2.45, 2.75) is 45.3 Å². The zero-order valence-corrected chi connectivity index (χ0v) is 12.5. The molecule has 0 aromatic carbocycles. The van der Waals surface area contributed by atoms with E-state index in [4.69, 9.17) is 0 Å². The van der Waals surface area contributed by atoms with Gasteiger partial charge in [0.25, 0.3) is 0 Å². The van der Waals surface area contributed by atoms with Crippen molar-refractivity contribution in [1.82, 2.24) is 10.2 Å². The van der Waals surface area contributed by atoms with Crippen LogP contribution in [0.25, 0.3) is 0 Å². The molecular weight excluding hydrogens is 269 g/mol. The van der Waals surface area contributed by atoms with Gasteiger partial charge in [-0.2, -0.15) is 13.2 Å². The lowest BCUT2D eigenvalue weighted by Gasteiger charge is -2.36. The van der Waals surface area contributed by atoms with Gasteiger partial charge in [0.05, 0.1) is 0 Å². The zero-order valence-electron chi connectivity index (χ0n) is 12.5. The Morgan fingerprint density at radius 3 is 2.80 bits per heavy atom. The molecule has 1 rings (SSSR count). The molecule has 2 unspecified atom stereocenters. The van der Waals surface area contributed by atoms with Crippen LogP contribution in [0.15, 0.2) is 0 Å². The highest BCUT2D eigenvalue weighted by Crippen LogP contribution is 2.20. The first kappa shape index (κ1) is 17.7. The summed E-state index contributed by atoms with van der Waals surface area (Å²) < 4.78 is 40.4. The Kier molecular flexibility index (Phi) is 7.84. The number of piperidine rings is 1. The number of halogens is 3. The highest BCUT2D eigenvalue weighted by atomic mass is 19.4. The molecule has 20 heavy (non-hydrogen) atoms. The van der Waals surface area contributed by atoms with Gasteiger partial charge in [-0.05, 0) is 45.2 Å². The molecule has 1 saturated heterocycles. The van der Waals surface area contributed by atoms with Gasteiger partial charge in [-0.1, -0.05) is 6.92 Å². The summed E-state index contributed by atoms with van der Waals surface area (Å²) in [4.78, 5) is 2.35. The summed E-state index contributed by atoms with van der Waals surface area (Å²) in [7, 11) is 0. The first-order valence-electron chi connectivity index (χ1n) is 7.52. The normalized spacial score (nSPS) is 22.9. The summed E-state index contributed by atoms with van der Waals surface area (Å²) in [6.07, 6.45) is -1.14. The van der Waals surface area contributed by atoms with E-state index < -0.39 is 12.8 Å². The predicted octanol–water partition coefficient (Wildman–Crippen LogP) is 2.67. The van der Waals surface area contributed by atoms with Crippen LogP contribution in [0.4, 0.5) is 13.2 Å². The summed E-state index contributed by atoms with van der Waals surface area (Å²) in [5.41, 5.74) is 0. The van der Waals surface area contributed by atoms with Crippen molar-refractivity contribution in [3.8, 4) is 0 Å². The highest BCUT2D eigenvalue weighted by molar-refractivity contribution is 4.80. The summed E-state index contributed by atoms with van der Waals surface area (Å²) in [5, 5.41) is 3.45. The molecule has 1 heterocycles. The Morgan fingerprint density at radius 2 is 2.15 bits per heavy atom. The molecule has 0 spiro atoms. The second-order valence-electron chi connectivity index (χ2n) is 5.57. The third-order valence-electron chi connectivity index (χ3n) is 3.80. The maximum Gasteiger partial charge on any atom is 0.411 e. The molecule has 0 bridgehead atoms. The van der Waals surface area contributed by atoms with Gasteiger partial charge < -0.3 is 15.0 Å². The van der Waals surface area contributed by atoms with E-state index in [-0.39, 0.29) is 6.61 Å². The van der Waals surface area contributed by atoms with E-state index in [9.17, 15) is 13.2 Å². The average molecular weight is 296 g/mol. The Hall–Kier alpha value is -0.330. The van der Waals surface area contributed by atoms with Gasteiger partial charge in [0, 0.05) is 25.7 Å². The molecule has 6 heteroatoms. The van der Waals surface area contributed by atoms with E-state index >= 15 is 0 Å². The molecule has 0 saturated carbocycles. The van der Waals surface area contributed by atoms with Crippen LogP contribution in [0.2, 0.25) is 0 Å². The van der Waals surface area contributed by atoms with Crippen LogP contribution in [0.5, 0.6) is 0 Å².